The van der Waals surface area contributed by atoms with E-state index < -0.39 is 5.97 Å². The Balaban J connectivity index is 1.66. The third-order valence-electron chi connectivity index (χ3n) is 4.44. The summed E-state index contributed by atoms with van der Waals surface area (Å²) in [7, 11) is 0. The first-order valence-electron chi connectivity index (χ1n) is 9.72. The number of hydrazone groups is 1. The topological polar surface area (TPSA) is 117 Å². The highest BCUT2D eigenvalue weighted by Gasteiger charge is 2.24. The number of allylic oxidation sites excluding steroid dienone is 3. The van der Waals surface area contributed by atoms with E-state index in [9.17, 15) is 9.59 Å². The fourth-order valence-corrected chi connectivity index (χ4v) is 5.90. The number of morpholine rings is 1. The van der Waals surface area contributed by atoms with Crippen LogP contribution in [0, 0.1) is 5.92 Å². The summed E-state index contributed by atoms with van der Waals surface area (Å²) < 4.78 is 6.77. The number of carboxylic acids is 1. The number of carbonyl (C=O) groups excluding carboxylic acids is 1. The van der Waals surface area contributed by atoms with E-state index in [1.165, 1.54) is 11.8 Å². The van der Waals surface area contributed by atoms with Crippen LogP contribution in [0.2, 0.25) is 0 Å². The Hall–Kier alpha value is -0.820. The van der Waals surface area contributed by atoms with Crippen molar-refractivity contribution < 1.29 is 19.4 Å². The van der Waals surface area contributed by atoms with E-state index in [2.05, 4.69) is 21.9 Å². The summed E-state index contributed by atoms with van der Waals surface area (Å²) in [5.74, 6) is 4.52. The molecule has 4 N–H and O–H groups in total. The van der Waals surface area contributed by atoms with Crippen molar-refractivity contribution in [2.45, 2.75) is 12.5 Å². The van der Waals surface area contributed by atoms with Crippen LogP contribution in [0.3, 0.4) is 0 Å². The first kappa shape index (κ1) is 27.4. The molecule has 0 bridgehead atoms. The molecule has 178 valence electrons. The second kappa shape index (κ2) is 14.4. The van der Waals surface area contributed by atoms with Gasteiger partial charge in [-0.2, -0.15) is 5.10 Å². The van der Waals surface area contributed by atoms with E-state index in [0.29, 0.717) is 37.7 Å². The van der Waals surface area contributed by atoms with E-state index in [1.54, 1.807) is 0 Å². The fourth-order valence-electron chi connectivity index (χ4n) is 3.00. The molecule has 1 fully saturated rings. The van der Waals surface area contributed by atoms with Crippen molar-refractivity contribution in [3.8, 4) is 0 Å². The minimum atomic E-state index is -0.960. The average molecular weight is 542 g/mol. The number of nitrogens with zero attached hydrogens (tertiary/aromatic N) is 2. The van der Waals surface area contributed by atoms with E-state index in [-0.39, 0.29) is 23.5 Å². The molecule has 2 rings (SSSR count). The molecule has 8 nitrogen and oxygen atoms in total. The number of hydrogen-bond donors (Lipinski definition) is 3. The van der Waals surface area contributed by atoms with Gasteiger partial charge in [-0.1, -0.05) is 65.5 Å². The van der Waals surface area contributed by atoms with Crippen LogP contribution in [0.5, 0.6) is 0 Å². The van der Waals surface area contributed by atoms with Gasteiger partial charge in [-0.25, -0.2) is 0 Å². The Labute approximate surface area is 210 Å². The second-order valence-electron chi connectivity index (χ2n) is 6.96. The molecule has 0 saturated carbocycles. The van der Waals surface area contributed by atoms with Crippen LogP contribution in [-0.4, -0.2) is 76.7 Å². The van der Waals surface area contributed by atoms with Crippen LogP contribution in [-0.2, 0) is 14.3 Å². The number of nitrogens with one attached hydrogen (secondary N) is 1. The number of rotatable bonds is 10. The number of halogens is 2. The number of thioether (sulfide) groups is 3. The van der Waals surface area contributed by atoms with Gasteiger partial charge in [0.2, 0.25) is 5.91 Å². The quantitative estimate of drug-likeness (QED) is 0.166. The van der Waals surface area contributed by atoms with Gasteiger partial charge < -0.3 is 21.0 Å². The van der Waals surface area contributed by atoms with Crippen LogP contribution in [0.1, 0.15) is 6.42 Å². The third kappa shape index (κ3) is 10.4. The molecule has 2 atom stereocenters. The molecule has 0 spiro atoms. The molecule has 32 heavy (non-hydrogen) atoms. The first-order chi connectivity index (χ1) is 15.3. The molecule has 2 aliphatic rings. The Kier molecular flexibility index (Phi) is 12.4. The average Bonchev–Trinajstić information content (AvgIpc) is 2.76. The minimum absolute atomic E-state index is 0.0826. The monoisotopic (exact) mass is 540 g/mol. The van der Waals surface area contributed by atoms with Crippen LogP contribution in [0.25, 0.3) is 0 Å². The normalized spacial score (nSPS) is 22.1. The predicted molar refractivity (Wildman–Crippen MR) is 136 cm³/mol. The van der Waals surface area contributed by atoms with Gasteiger partial charge >= 0.3 is 5.97 Å². The van der Waals surface area contributed by atoms with Gasteiger partial charge in [0.05, 0.1) is 34.3 Å². The summed E-state index contributed by atoms with van der Waals surface area (Å²) >= 11 is 15.5. The maximum absolute atomic E-state index is 12.2. The highest BCUT2D eigenvalue weighted by molar-refractivity contribution is 8.44. The van der Waals surface area contributed by atoms with E-state index >= 15 is 0 Å². The first-order valence-corrected chi connectivity index (χ1v) is 13.3. The number of carboxylic acid groups (broad SMARTS) is 1. The molecule has 1 saturated heterocycles. The number of aliphatic carboxylic acids is 1. The summed E-state index contributed by atoms with van der Waals surface area (Å²) in [4.78, 5) is 25.1. The van der Waals surface area contributed by atoms with Crippen LogP contribution < -0.4 is 11.2 Å². The van der Waals surface area contributed by atoms with Gasteiger partial charge in [0, 0.05) is 30.4 Å². The molecule has 1 aliphatic carbocycles. The van der Waals surface area contributed by atoms with Crippen molar-refractivity contribution in [3.05, 3.63) is 33.0 Å². The van der Waals surface area contributed by atoms with E-state index in [0.717, 1.165) is 49.6 Å². The van der Waals surface area contributed by atoms with Gasteiger partial charge in [-0.3, -0.25) is 14.5 Å². The summed E-state index contributed by atoms with van der Waals surface area (Å²) in [5, 5.41) is 16.4. The molecule has 0 aromatic heterocycles. The lowest BCUT2D eigenvalue weighted by molar-refractivity contribution is -0.133. The SMILES string of the molecule is C=C(SCC(=O)NC[C@H]1CN(CC2C=C(Cl)C(Cl)=CC2)CCO1)S/C(=N\N)SCC(=O)O. The Morgan fingerprint density at radius 1 is 1.34 bits per heavy atom. The van der Waals surface area contributed by atoms with E-state index in [4.69, 9.17) is 38.9 Å². The van der Waals surface area contributed by atoms with Crippen molar-refractivity contribution in [2.75, 3.05) is 44.3 Å². The van der Waals surface area contributed by atoms with Gasteiger partial charge in [0.25, 0.3) is 0 Å². The maximum Gasteiger partial charge on any atom is 0.313 e. The zero-order chi connectivity index (χ0) is 23.5. The Bertz CT molecular complexity index is 795. The van der Waals surface area contributed by atoms with Gasteiger partial charge in [0.1, 0.15) is 0 Å². The number of hydrogen-bond acceptors (Lipinski definition) is 9. The predicted octanol–water partition coefficient (Wildman–Crippen LogP) is 3.05. The molecular formula is C19H26Cl2N4O4S3. The van der Waals surface area contributed by atoms with Crippen molar-refractivity contribution >= 4 is 74.7 Å². The maximum atomic E-state index is 12.2. The lowest BCUT2D eigenvalue weighted by Crippen LogP contribution is -2.48. The van der Waals surface area contributed by atoms with Gasteiger partial charge in [-0.05, 0) is 12.3 Å². The Morgan fingerprint density at radius 2 is 2.12 bits per heavy atom. The van der Waals surface area contributed by atoms with Crippen molar-refractivity contribution in [1.82, 2.24) is 10.2 Å². The summed E-state index contributed by atoms with van der Waals surface area (Å²) in [5.41, 5.74) is 0. The number of ether oxygens (including phenoxy) is 1. The standard InChI is InChI=1S/C19H26Cl2N4O4S3/c1-12(32-19(24-22)31-11-18(27)28)30-10-17(26)23-7-14-9-25(4-5-29-14)8-13-2-3-15(20)16(21)6-13/h3,6,13-14H,1-2,4-5,7-11,22H2,(H,23,26)(H,27,28)/b24-19-/t13?,14-/m0/s1. The third-order valence-corrected chi connectivity index (χ3v) is 8.41. The van der Waals surface area contributed by atoms with Crippen molar-refractivity contribution in [1.29, 1.82) is 0 Å². The number of amides is 1. The molecule has 0 aromatic carbocycles. The largest absolute Gasteiger partial charge is 0.481 e. The lowest BCUT2D eigenvalue weighted by Gasteiger charge is -2.35. The van der Waals surface area contributed by atoms with Crippen LogP contribution in [0.4, 0.5) is 0 Å². The molecule has 0 aromatic rings. The summed E-state index contributed by atoms with van der Waals surface area (Å²) in [6.45, 7) is 7.32. The second-order valence-corrected chi connectivity index (χ2v) is 11.4. The highest BCUT2D eigenvalue weighted by Crippen LogP contribution is 2.31. The lowest BCUT2D eigenvalue weighted by atomic mass is 9.99. The highest BCUT2D eigenvalue weighted by atomic mass is 35.5. The molecule has 1 amide bonds. The number of carbonyl (C=O) groups is 2. The smallest absolute Gasteiger partial charge is 0.313 e. The van der Waals surface area contributed by atoms with Crippen LogP contribution in [0.15, 0.2) is 38.1 Å². The Morgan fingerprint density at radius 3 is 2.81 bits per heavy atom. The molecule has 1 heterocycles. The summed E-state index contributed by atoms with van der Waals surface area (Å²) in [6.07, 6.45) is 4.72. The fraction of sp³-hybridized carbons (Fsp3) is 0.526. The van der Waals surface area contributed by atoms with Crippen molar-refractivity contribution in [3.63, 3.8) is 0 Å². The number of nitrogens with two attached hydrogens (primary N) is 1. The zero-order valence-corrected chi connectivity index (χ0v) is 21.3. The van der Waals surface area contributed by atoms with E-state index in [1.807, 2.05) is 12.2 Å². The molecule has 1 aliphatic heterocycles. The molecule has 1 unspecified atom stereocenters. The van der Waals surface area contributed by atoms with Crippen LogP contribution >= 0.6 is 58.5 Å². The van der Waals surface area contributed by atoms with Crippen molar-refractivity contribution in [2.24, 2.45) is 16.9 Å². The molecule has 0 radical (unpaired) electrons. The molecule has 13 heteroatoms. The zero-order valence-electron chi connectivity index (χ0n) is 17.3. The van der Waals surface area contributed by atoms with Gasteiger partial charge in [0.15, 0.2) is 4.38 Å². The summed E-state index contributed by atoms with van der Waals surface area (Å²) in [6, 6.07) is 0. The van der Waals surface area contributed by atoms with Gasteiger partial charge in [-0.15, -0.1) is 11.8 Å². The molecular weight excluding hydrogens is 515 g/mol. The minimum Gasteiger partial charge on any atom is -0.481 e.